The number of nitrogens with zero attached hydrogens (tertiary/aromatic N) is 1. The molecular weight excluding hydrogens is 246 g/mol. The Hall–Kier alpha value is -1.63. The van der Waals surface area contributed by atoms with Crippen molar-refractivity contribution >= 4 is 15.5 Å². The van der Waals surface area contributed by atoms with Gasteiger partial charge in [-0.15, -0.1) is 0 Å². The Morgan fingerprint density at radius 3 is 2.41 bits per heavy atom. The number of benzene rings is 1. The summed E-state index contributed by atoms with van der Waals surface area (Å²) in [5.41, 5.74) is -0.289. The van der Waals surface area contributed by atoms with Gasteiger partial charge in [-0.05, 0) is 13.0 Å². The van der Waals surface area contributed by atoms with Crippen molar-refractivity contribution in [2.75, 3.05) is 12.4 Å². The van der Waals surface area contributed by atoms with E-state index in [2.05, 4.69) is 0 Å². The summed E-state index contributed by atoms with van der Waals surface area (Å²) in [6, 6.07) is 3.55. The third-order valence-corrected chi connectivity index (χ3v) is 3.84. The second-order valence-corrected chi connectivity index (χ2v) is 5.53. The van der Waals surface area contributed by atoms with Crippen molar-refractivity contribution in [2.24, 2.45) is 0 Å². The van der Waals surface area contributed by atoms with Gasteiger partial charge in [0.15, 0.2) is 9.84 Å². The molecule has 94 valence electrons. The predicted molar refractivity (Wildman–Crippen MR) is 62.0 cm³/mol. The quantitative estimate of drug-likeness (QED) is 0.594. The molecule has 0 fully saturated rings. The number of sulfone groups is 1. The van der Waals surface area contributed by atoms with Crippen molar-refractivity contribution in [3.63, 3.8) is 0 Å². The van der Waals surface area contributed by atoms with Crippen LogP contribution >= 0.6 is 0 Å². The van der Waals surface area contributed by atoms with Gasteiger partial charge >= 0.3 is 0 Å². The molecule has 1 aromatic carbocycles. The molecule has 0 saturated heterocycles. The molecular formula is C10H13NO5S. The van der Waals surface area contributed by atoms with E-state index < -0.39 is 14.8 Å². The van der Waals surface area contributed by atoms with Crippen molar-refractivity contribution in [1.29, 1.82) is 0 Å². The first-order chi connectivity index (χ1) is 7.90. The molecule has 0 amide bonds. The van der Waals surface area contributed by atoms with Crippen LogP contribution in [0.5, 0.6) is 5.75 Å². The molecule has 0 aliphatic carbocycles. The van der Waals surface area contributed by atoms with Gasteiger partial charge in [0.25, 0.3) is 5.69 Å². The summed E-state index contributed by atoms with van der Waals surface area (Å²) in [7, 11) is -3.48. The molecule has 0 aliphatic rings. The van der Waals surface area contributed by atoms with Gasteiger partial charge in [0, 0.05) is 6.07 Å². The maximum atomic E-state index is 11.7. The molecule has 6 nitrogen and oxygen atoms in total. The van der Waals surface area contributed by atoms with Crippen LogP contribution in [-0.2, 0) is 9.84 Å². The van der Waals surface area contributed by atoms with E-state index in [-0.39, 0.29) is 22.1 Å². The predicted octanol–water partition coefficient (Wildman–Crippen LogP) is 1.79. The Bertz CT molecular complexity index is 523. The van der Waals surface area contributed by atoms with Gasteiger partial charge in [0.05, 0.1) is 28.2 Å². The van der Waals surface area contributed by atoms with Gasteiger partial charge in [-0.2, -0.15) is 0 Å². The lowest BCUT2D eigenvalue weighted by molar-refractivity contribution is -0.385. The molecule has 1 aromatic rings. The van der Waals surface area contributed by atoms with Crippen molar-refractivity contribution in [3.8, 4) is 5.75 Å². The zero-order valence-corrected chi connectivity index (χ0v) is 10.4. The first kappa shape index (κ1) is 13.4. The fourth-order valence-corrected chi connectivity index (χ4v) is 2.19. The fourth-order valence-electron chi connectivity index (χ4n) is 1.26. The first-order valence-electron chi connectivity index (χ1n) is 5.05. The van der Waals surface area contributed by atoms with Crippen LogP contribution < -0.4 is 4.74 Å². The van der Waals surface area contributed by atoms with Crippen LogP contribution in [0.2, 0.25) is 0 Å². The van der Waals surface area contributed by atoms with Crippen LogP contribution in [0.4, 0.5) is 5.69 Å². The molecule has 0 aromatic heterocycles. The standard InChI is InChI=1S/C10H13NO5S/c1-3-16-9-5-8(11(12)13)6-10(7-9)17(14,15)4-2/h5-7H,3-4H2,1-2H3. The highest BCUT2D eigenvalue weighted by molar-refractivity contribution is 7.91. The summed E-state index contributed by atoms with van der Waals surface area (Å²) in [4.78, 5) is 9.95. The van der Waals surface area contributed by atoms with Crippen LogP contribution in [0.1, 0.15) is 13.8 Å². The van der Waals surface area contributed by atoms with Crippen molar-refractivity contribution < 1.29 is 18.1 Å². The second-order valence-electron chi connectivity index (χ2n) is 3.26. The summed E-state index contributed by atoms with van der Waals surface area (Å²) in [5.74, 6) is 0.0773. The third-order valence-electron chi connectivity index (χ3n) is 2.13. The van der Waals surface area contributed by atoms with Crippen LogP contribution in [-0.4, -0.2) is 25.7 Å². The minimum atomic E-state index is -3.48. The maximum Gasteiger partial charge on any atom is 0.274 e. The topological polar surface area (TPSA) is 86.5 Å². The average molecular weight is 259 g/mol. The van der Waals surface area contributed by atoms with Gasteiger partial charge < -0.3 is 4.74 Å². The van der Waals surface area contributed by atoms with E-state index >= 15 is 0 Å². The summed E-state index contributed by atoms with van der Waals surface area (Å²) in [6.07, 6.45) is 0. The van der Waals surface area contributed by atoms with Gasteiger partial charge in [0.2, 0.25) is 0 Å². The van der Waals surface area contributed by atoms with E-state index in [1.807, 2.05) is 0 Å². The van der Waals surface area contributed by atoms with Gasteiger partial charge in [0.1, 0.15) is 5.75 Å². The van der Waals surface area contributed by atoms with E-state index in [1.54, 1.807) is 6.92 Å². The van der Waals surface area contributed by atoms with Gasteiger partial charge in [-0.3, -0.25) is 10.1 Å². The molecule has 0 unspecified atom stereocenters. The van der Waals surface area contributed by atoms with Gasteiger partial charge in [-0.25, -0.2) is 8.42 Å². The molecule has 0 aliphatic heterocycles. The summed E-state index contributed by atoms with van der Waals surface area (Å²) in [6.45, 7) is 3.51. The molecule has 0 heterocycles. The Labute approximate surface area is 99.3 Å². The Morgan fingerprint density at radius 1 is 1.29 bits per heavy atom. The van der Waals surface area contributed by atoms with Crippen molar-refractivity contribution in [3.05, 3.63) is 28.3 Å². The smallest absolute Gasteiger partial charge is 0.274 e. The molecule has 0 N–H and O–H groups in total. The van der Waals surface area contributed by atoms with E-state index in [4.69, 9.17) is 4.74 Å². The number of nitro benzene ring substituents is 1. The van der Waals surface area contributed by atoms with Gasteiger partial charge in [-0.1, -0.05) is 6.92 Å². The van der Waals surface area contributed by atoms with Crippen LogP contribution in [0, 0.1) is 10.1 Å². The largest absolute Gasteiger partial charge is 0.494 e. The zero-order chi connectivity index (χ0) is 13.1. The summed E-state index contributed by atoms with van der Waals surface area (Å²) in [5, 5.41) is 10.7. The SMILES string of the molecule is CCOc1cc([N+](=O)[O-])cc(S(=O)(=O)CC)c1. The molecule has 0 radical (unpaired) electrons. The normalized spacial score (nSPS) is 11.2. The molecule has 17 heavy (non-hydrogen) atoms. The van der Waals surface area contributed by atoms with Crippen LogP contribution in [0.25, 0.3) is 0 Å². The Morgan fingerprint density at radius 2 is 1.94 bits per heavy atom. The molecule has 0 saturated carbocycles. The van der Waals surface area contributed by atoms with E-state index in [9.17, 15) is 18.5 Å². The molecule has 0 bridgehead atoms. The Kier molecular flexibility index (Phi) is 4.06. The lowest BCUT2D eigenvalue weighted by Crippen LogP contribution is -2.05. The summed E-state index contributed by atoms with van der Waals surface area (Å²) < 4.78 is 28.4. The second kappa shape index (κ2) is 5.13. The highest BCUT2D eigenvalue weighted by Crippen LogP contribution is 2.26. The lowest BCUT2D eigenvalue weighted by atomic mass is 10.3. The van der Waals surface area contributed by atoms with E-state index in [0.29, 0.717) is 6.61 Å². The minimum Gasteiger partial charge on any atom is -0.494 e. The zero-order valence-electron chi connectivity index (χ0n) is 9.54. The number of nitro groups is 1. The number of hydrogen-bond donors (Lipinski definition) is 0. The minimum absolute atomic E-state index is 0.0855. The third kappa shape index (κ3) is 3.16. The Balaban J connectivity index is 3.36. The number of ether oxygens (including phenoxy) is 1. The van der Waals surface area contributed by atoms with Crippen LogP contribution in [0.3, 0.4) is 0 Å². The molecule has 7 heteroatoms. The monoisotopic (exact) mass is 259 g/mol. The fraction of sp³-hybridized carbons (Fsp3) is 0.400. The molecule has 1 rings (SSSR count). The highest BCUT2D eigenvalue weighted by atomic mass is 32.2. The maximum absolute atomic E-state index is 11.7. The van der Waals surface area contributed by atoms with Crippen LogP contribution in [0.15, 0.2) is 23.1 Å². The van der Waals surface area contributed by atoms with Crippen molar-refractivity contribution in [2.45, 2.75) is 18.7 Å². The van der Waals surface area contributed by atoms with E-state index in [0.717, 1.165) is 6.07 Å². The molecule has 0 atom stereocenters. The van der Waals surface area contributed by atoms with E-state index in [1.165, 1.54) is 19.1 Å². The number of hydrogen-bond acceptors (Lipinski definition) is 5. The number of non-ortho nitro benzene ring substituents is 1. The summed E-state index contributed by atoms with van der Waals surface area (Å²) >= 11 is 0. The average Bonchev–Trinajstić information content (AvgIpc) is 2.29. The highest BCUT2D eigenvalue weighted by Gasteiger charge is 2.18. The molecule has 0 spiro atoms. The lowest BCUT2D eigenvalue weighted by Gasteiger charge is -2.06. The number of rotatable bonds is 5. The first-order valence-corrected chi connectivity index (χ1v) is 6.71. The van der Waals surface area contributed by atoms with Crippen molar-refractivity contribution in [1.82, 2.24) is 0 Å².